The monoisotopic (exact) mass is 306 g/mol. The predicted octanol–water partition coefficient (Wildman–Crippen LogP) is 2.10. The lowest BCUT2D eigenvalue weighted by molar-refractivity contribution is -0.134. The van der Waals surface area contributed by atoms with Crippen LogP contribution in [0.2, 0.25) is 0 Å². The Bertz CT molecular complexity index is 590. The van der Waals surface area contributed by atoms with Crippen LogP contribution in [0.25, 0.3) is 0 Å². The van der Waals surface area contributed by atoms with Crippen LogP contribution in [0.5, 0.6) is 0 Å². The minimum Gasteiger partial charge on any atom is -0.378 e. The second kappa shape index (κ2) is 6.65. The van der Waals surface area contributed by atoms with E-state index in [9.17, 15) is 9.59 Å². The van der Waals surface area contributed by atoms with E-state index in [0.717, 1.165) is 19.3 Å². The van der Waals surface area contributed by atoms with Gasteiger partial charge in [0.25, 0.3) is 11.5 Å². The molecule has 1 N–H and O–H groups in total. The zero-order valence-corrected chi connectivity index (χ0v) is 13.9. The lowest BCUT2D eigenvalue weighted by Gasteiger charge is -2.55. The molecule has 5 nitrogen and oxygen atoms in total. The fourth-order valence-corrected chi connectivity index (χ4v) is 3.51. The van der Waals surface area contributed by atoms with E-state index in [1.165, 1.54) is 10.6 Å². The largest absolute Gasteiger partial charge is 0.378 e. The van der Waals surface area contributed by atoms with E-state index in [-0.39, 0.29) is 29.0 Å². The van der Waals surface area contributed by atoms with Gasteiger partial charge in [-0.1, -0.05) is 13.8 Å². The maximum atomic E-state index is 12.4. The van der Waals surface area contributed by atoms with Crippen LogP contribution in [-0.4, -0.2) is 29.2 Å². The number of hydrogen-bond donors (Lipinski definition) is 1. The van der Waals surface area contributed by atoms with Gasteiger partial charge in [0.05, 0.1) is 6.10 Å². The molecule has 2 rings (SSSR count). The van der Waals surface area contributed by atoms with Crippen molar-refractivity contribution in [2.75, 3.05) is 6.61 Å². The first-order chi connectivity index (χ1) is 10.5. The Morgan fingerprint density at radius 1 is 1.41 bits per heavy atom. The summed E-state index contributed by atoms with van der Waals surface area (Å²) in [5.74, 6) is -0.177. The molecule has 0 unspecified atom stereocenters. The van der Waals surface area contributed by atoms with E-state index in [1.54, 1.807) is 19.3 Å². The van der Waals surface area contributed by atoms with Crippen LogP contribution < -0.4 is 10.9 Å². The number of rotatable bonds is 6. The van der Waals surface area contributed by atoms with E-state index < -0.39 is 0 Å². The van der Waals surface area contributed by atoms with Gasteiger partial charge in [0.2, 0.25) is 0 Å². The van der Waals surface area contributed by atoms with Crippen molar-refractivity contribution in [2.45, 2.75) is 52.2 Å². The first-order valence-electron chi connectivity index (χ1n) is 8.07. The molecule has 22 heavy (non-hydrogen) atoms. The Hall–Kier alpha value is -1.62. The zero-order valence-electron chi connectivity index (χ0n) is 13.9. The molecule has 2 atom stereocenters. The second-order valence-corrected chi connectivity index (χ2v) is 6.01. The number of amides is 1. The molecule has 1 heterocycles. The van der Waals surface area contributed by atoms with Crippen LogP contribution in [0.4, 0.5) is 0 Å². The van der Waals surface area contributed by atoms with Crippen molar-refractivity contribution in [2.24, 2.45) is 12.5 Å². The summed E-state index contributed by atoms with van der Waals surface area (Å²) in [5, 5.41) is 3.09. The van der Waals surface area contributed by atoms with Crippen LogP contribution in [0.15, 0.2) is 23.1 Å². The highest BCUT2D eigenvalue weighted by molar-refractivity contribution is 5.94. The van der Waals surface area contributed by atoms with E-state index in [2.05, 4.69) is 19.2 Å². The van der Waals surface area contributed by atoms with Crippen molar-refractivity contribution in [1.82, 2.24) is 9.88 Å². The molecule has 0 saturated heterocycles. The van der Waals surface area contributed by atoms with E-state index in [0.29, 0.717) is 12.2 Å². The molecule has 5 heteroatoms. The highest BCUT2D eigenvalue weighted by atomic mass is 16.5. The molecular weight excluding hydrogens is 280 g/mol. The summed E-state index contributed by atoms with van der Waals surface area (Å²) in [6, 6.07) is 3.17. The lowest BCUT2D eigenvalue weighted by Crippen LogP contribution is -2.64. The number of aryl methyl sites for hydroxylation is 1. The predicted molar refractivity (Wildman–Crippen MR) is 86.0 cm³/mol. The number of ether oxygens (including phenoxy) is 1. The van der Waals surface area contributed by atoms with Gasteiger partial charge in [0, 0.05) is 42.9 Å². The third kappa shape index (κ3) is 2.82. The minimum atomic E-state index is -0.177. The van der Waals surface area contributed by atoms with Gasteiger partial charge in [-0.3, -0.25) is 9.59 Å². The van der Waals surface area contributed by atoms with Gasteiger partial charge in [-0.05, 0) is 32.3 Å². The molecule has 1 aromatic heterocycles. The molecule has 0 spiro atoms. The molecule has 0 bridgehead atoms. The number of carbonyl (C=O) groups is 1. The zero-order chi connectivity index (χ0) is 16.3. The molecule has 0 aliphatic heterocycles. The Balaban J connectivity index is 2.11. The third-order valence-electron chi connectivity index (χ3n) is 5.14. The first kappa shape index (κ1) is 16.7. The average molecular weight is 306 g/mol. The maximum Gasteiger partial charge on any atom is 0.251 e. The normalized spacial score (nSPS) is 22.9. The summed E-state index contributed by atoms with van der Waals surface area (Å²) < 4.78 is 7.28. The van der Waals surface area contributed by atoms with Gasteiger partial charge in [-0.2, -0.15) is 0 Å². The number of nitrogens with zero attached hydrogens (tertiary/aromatic N) is 1. The van der Waals surface area contributed by atoms with Gasteiger partial charge in [-0.15, -0.1) is 0 Å². The van der Waals surface area contributed by atoms with Gasteiger partial charge in [-0.25, -0.2) is 0 Å². The molecule has 1 amide bonds. The van der Waals surface area contributed by atoms with Crippen LogP contribution in [-0.2, 0) is 11.8 Å². The van der Waals surface area contributed by atoms with Crippen LogP contribution in [0, 0.1) is 5.41 Å². The SMILES string of the molecule is CCO[C@@H]1C[C@@H](NC(=O)c2ccn(C)c(=O)c2)C1(CC)CC. The lowest BCUT2D eigenvalue weighted by atomic mass is 9.58. The molecule has 122 valence electrons. The van der Waals surface area contributed by atoms with Gasteiger partial charge in [0.1, 0.15) is 0 Å². The summed E-state index contributed by atoms with van der Waals surface area (Å²) in [6.07, 6.45) is 4.60. The molecule has 1 aliphatic rings. The van der Waals surface area contributed by atoms with Crippen LogP contribution in [0.1, 0.15) is 50.4 Å². The summed E-state index contributed by atoms with van der Waals surface area (Å²) in [6.45, 7) is 6.99. The van der Waals surface area contributed by atoms with Crippen LogP contribution >= 0.6 is 0 Å². The number of carbonyl (C=O) groups excluding carboxylic acids is 1. The average Bonchev–Trinajstić information content (AvgIpc) is 2.50. The number of aromatic nitrogens is 1. The first-order valence-corrected chi connectivity index (χ1v) is 8.07. The Labute approximate surface area is 131 Å². The van der Waals surface area contributed by atoms with Crippen molar-refractivity contribution in [1.29, 1.82) is 0 Å². The molecule has 1 fully saturated rings. The smallest absolute Gasteiger partial charge is 0.251 e. The fourth-order valence-electron chi connectivity index (χ4n) is 3.51. The van der Waals surface area contributed by atoms with E-state index >= 15 is 0 Å². The Morgan fingerprint density at radius 2 is 2.09 bits per heavy atom. The van der Waals surface area contributed by atoms with Gasteiger partial charge >= 0.3 is 0 Å². The highest BCUT2D eigenvalue weighted by Crippen LogP contribution is 2.48. The van der Waals surface area contributed by atoms with Crippen molar-refractivity contribution in [3.63, 3.8) is 0 Å². The summed E-state index contributed by atoms with van der Waals surface area (Å²) >= 11 is 0. The quantitative estimate of drug-likeness (QED) is 0.875. The van der Waals surface area contributed by atoms with Crippen molar-refractivity contribution >= 4 is 5.91 Å². The summed E-state index contributed by atoms with van der Waals surface area (Å²) in [7, 11) is 1.67. The van der Waals surface area contributed by atoms with Crippen LogP contribution in [0.3, 0.4) is 0 Å². The highest BCUT2D eigenvalue weighted by Gasteiger charge is 2.53. The van der Waals surface area contributed by atoms with Gasteiger partial charge in [0.15, 0.2) is 0 Å². The third-order valence-corrected chi connectivity index (χ3v) is 5.14. The summed E-state index contributed by atoms with van der Waals surface area (Å²) in [5.41, 5.74) is 0.251. The van der Waals surface area contributed by atoms with E-state index in [1.807, 2.05) is 6.92 Å². The molecule has 1 saturated carbocycles. The molecule has 1 aromatic rings. The maximum absolute atomic E-state index is 12.4. The molecule has 1 aliphatic carbocycles. The Morgan fingerprint density at radius 3 is 2.64 bits per heavy atom. The fraction of sp³-hybridized carbons (Fsp3) is 0.647. The summed E-state index contributed by atoms with van der Waals surface area (Å²) in [4.78, 5) is 24.0. The number of nitrogens with one attached hydrogen (secondary N) is 1. The molecular formula is C17H26N2O3. The van der Waals surface area contributed by atoms with Gasteiger partial charge < -0.3 is 14.6 Å². The number of pyridine rings is 1. The standard InChI is InChI=1S/C17H26N2O3/c1-5-17(6-2)13(11-14(17)22-7-3)18-16(21)12-8-9-19(4)15(20)10-12/h8-10,13-14H,5-7,11H2,1-4H3,(H,18,21)/t13-,14-/m1/s1. The van der Waals surface area contributed by atoms with Crippen molar-refractivity contribution in [3.8, 4) is 0 Å². The molecule has 0 radical (unpaired) electrons. The topological polar surface area (TPSA) is 60.3 Å². The van der Waals surface area contributed by atoms with E-state index in [4.69, 9.17) is 4.74 Å². The minimum absolute atomic E-state index is 0.00537. The Kier molecular flexibility index (Phi) is 5.06. The number of hydrogen-bond acceptors (Lipinski definition) is 3. The van der Waals surface area contributed by atoms with Crippen molar-refractivity contribution in [3.05, 3.63) is 34.2 Å². The second-order valence-electron chi connectivity index (χ2n) is 6.01. The van der Waals surface area contributed by atoms with Crippen molar-refractivity contribution < 1.29 is 9.53 Å². The molecule has 0 aromatic carbocycles.